The Bertz CT molecular complexity index is 586. The molecule has 0 heterocycles. The lowest BCUT2D eigenvalue weighted by Crippen LogP contribution is -2.20. The van der Waals surface area contributed by atoms with Crippen molar-refractivity contribution >= 4 is 24.7 Å². The first-order valence-electron chi connectivity index (χ1n) is 8.88. The Balaban J connectivity index is 2.44. The van der Waals surface area contributed by atoms with E-state index in [0.717, 1.165) is 11.8 Å². The average molecular weight is 320 g/mol. The Kier molecular flexibility index (Phi) is 7.16. The second kappa shape index (κ2) is 9.12. The van der Waals surface area contributed by atoms with E-state index in [-0.39, 0.29) is 0 Å². The Hall–Kier alpha value is -1.29. The standard InChI is InChI=1S/C14H11.2C4H9.Al/c1-3-7-13(8-4-1)11-12-14-9-5-2-6-10-14;2*1-4(2)3;/h1-11H;2*4H,1H2,2-3H3;. The molecule has 0 radical (unpaired) electrons. The van der Waals surface area contributed by atoms with Gasteiger partial charge in [-0.2, -0.15) is 0 Å². The van der Waals surface area contributed by atoms with E-state index in [0.29, 0.717) is 0 Å². The minimum Gasteiger partial charge on any atom is -0.103 e. The lowest BCUT2D eigenvalue weighted by atomic mass is 10.1. The van der Waals surface area contributed by atoms with Gasteiger partial charge in [0.15, 0.2) is 0 Å². The van der Waals surface area contributed by atoms with E-state index >= 15 is 0 Å². The van der Waals surface area contributed by atoms with Crippen LogP contribution in [0, 0.1) is 11.8 Å². The van der Waals surface area contributed by atoms with Gasteiger partial charge in [0.2, 0.25) is 0 Å². The van der Waals surface area contributed by atoms with Gasteiger partial charge >= 0.3 is 14.1 Å². The van der Waals surface area contributed by atoms with E-state index in [1.807, 2.05) is 0 Å². The van der Waals surface area contributed by atoms with E-state index in [4.69, 9.17) is 0 Å². The van der Waals surface area contributed by atoms with Gasteiger partial charge in [0.25, 0.3) is 0 Å². The fourth-order valence-corrected chi connectivity index (χ4v) is 7.35. The first kappa shape index (κ1) is 18.1. The van der Waals surface area contributed by atoms with Crippen LogP contribution in [0.2, 0.25) is 10.6 Å². The molecule has 0 unspecified atom stereocenters. The summed E-state index contributed by atoms with van der Waals surface area (Å²) in [7, 11) is 0. The summed E-state index contributed by atoms with van der Waals surface area (Å²) in [5.41, 5.74) is 2.76. The zero-order valence-electron chi connectivity index (χ0n) is 15.0. The topological polar surface area (TPSA) is 0 Å². The molecule has 2 rings (SSSR count). The number of rotatable bonds is 7. The molecule has 2 aromatic carbocycles. The van der Waals surface area contributed by atoms with Gasteiger partial charge in [-0.3, -0.25) is 0 Å². The summed E-state index contributed by atoms with van der Waals surface area (Å²) in [4.78, 5) is 0. The molecule has 1 heteroatoms. The van der Waals surface area contributed by atoms with E-state index in [9.17, 15) is 0 Å². The SMILES string of the molecule is CC(C)[CH2][Al]([CH2]C(C)C)/[C](=C/c1ccccc1)c1ccccc1. The fraction of sp³-hybridized carbons (Fsp3) is 0.364. The summed E-state index contributed by atoms with van der Waals surface area (Å²) in [6, 6.07) is 21.8. The van der Waals surface area contributed by atoms with Gasteiger partial charge in [-0.1, -0.05) is 117 Å². The number of hydrogen-bond acceptors (Lipinski definition) is 0. The molecule has 0 fully saturated rings. The summed E-state index contributed by atoms with van der Waals surface area (Å²) in [5, 5.41) is 2.76. The molecule has 0 aliphatic heterocycles. The lowest BCUT2D eigenvalue weighted by molar-refractivity contribution is 0.695. The quantitative estimate of drug-likeness (QED) is 0.399. The molecule has 0 saturated heterocycles. The Morgan fingerprint density at radius 3 is 1.74 bits per heavy atom. The normalized spacial score (nSPS) is 12.0. The van der Waals surface area contributed by atoms with Crippen LogP contribution >= 0.6 is 0 Å². The van der Waals surface area contributed by atoms with Gasteiger partial charge in [-0.25, -0.2) is 0 Å². The van der Waals surface area contributed by atoms with Gasteiger partial charge < -0.3 is 0 Å². The minimum atomic E-state index is -1.000. The van der Waals surface area contributed by atoms with Gasteiger partial charge in [-0.15, -0.1) is 4.44 Å². The summed E-state index contributed by atoms with van der Waals surface area (Å²) >= 11 is -1.000. The molecule has 0 aromatic heterocycles. The predicted molar refractivity (Wildman–Crippen MR) is 106 cm³/mol. The Labute approximate surface area is 146 Å². The van der Waals surface area contributed by atoms with Gasteiger partial charge in [0.05, 0.1) is 0 Å². The summed E-state index contributed by atoms with van der Waals surface area (Å²) in [5.74, 6) is 1.54. The third-order valence-electron chi connectivity index (χ3n) is 4.18. The van der Waals surface area contributed by atoms with E-state index in [2.05, 4.69) is 94.4 Å². The highest BCUT2D eigenvalue weighted by Gasteiger charge is 2.25. The second-order valence-corrected chi connectivity index (χ2v) is 10.3. The highest BCUT2D eigenvalue weighted by molar-refractivity contribution is 6.80. The molecule has 2 aromatic rings. The van der Waals surface area contributed by atoms with Crippen LogP contribution in [-0.4, -0.2) is 14.1 Å². The zero-order valence-corrected chi connectivity index (χ0v) is 16.2. The Morgan fingerprint density at radius 2 is 1.26 bits per heavy atom. The number of hydrogen-bond donors (Lipinski definition) is 0. The molecular formula is C22H29Al. The molecule has 23 heavy (non-hydrogen) atoms. The van der Waals surface area contributed by atoms with Crippen LogP contribution in [0.25, 0.3) is 10.5 Å². The van der Waals surface area contributed by atoms with Crippen LogP contribution < -0.4 is 0 Å². The molecule has 0 aliphatic rings. The third kappa shape index (κ3) is 6.02. The van der Waals surface area contributed by atoms with Gasteiger partial charge in [0, 0.05) is 0 Å². The van der Waals surface area contributed by atoms with E-state index in [1.54, 1.807) is 4.44 Å². The highest BCUT2D eigenvalue weighted by Crippen LogP contribution is 2.29. The zero-order chi connectivity index (χ0) is 16.7. The minimum absolute atomic E-state index is 0.772. The lowest BCUT2D eigenvalue weighted by Gasteiger charge is -2.20. The van der Waals surface area contributed by atoms with Crippen molar-refractivity contribution in [3.8, 4) is 0 Å². The van der Waals surface area contributed by atoms with E-state index < -0.39 is 14.1 Å². The fourth-order valence-electron chi connectivity index (χ4n) is 3.28. The monoisotopic (exact) mass is 320 g/mol. The van der Waals surface area contributed by atoms with Gasteiger partial charge in [-0.05, 0) is 11.1 Å². The van der Waals surface area contributed by atoms with Crippen molar-refractivity contribution < 1.29 is 0 Å². The molecule has 0 N–H and O–H groups in total. The van der Waals surface area contributed by atoms with Gasteiger partial charge in [0.1, 0.15) is 0 Å². The first-order chi connectivity index (χ1) is 11.1. The molecule has 0 bridgehead atoms. The van der Waals surface area contributed by atoms with Crippen molar-refractivity contribution in [2.24, 2.45) is 11.8 Å². The summed E-state index contributed by atoms with van der Waals surface area (Å²) in [6.07, 6.45) is 2.46. The molecule has 0 saturated carbocycles. The van der Waals surface area contributed by atoms with Crippen molar-refractivity contribution in [1.29, 1.82) is 0 Å². The van der Waals surface area contributed by atoms with Crippen molar-refractivity contribution in [3.05, 3.63) is 71.8 Å². The molecule has 0 aliphatic carbocycles. The summed E-state index contributed by atoms with van der Waals surface area (Å²) < 4.78 is 1.62. The van der Waals surface area contributed by atoms with E-state index in [1.165, 1.54) is 21.7 Å². The molecule has 0 spiro atoms. The van der Waals surface area contributed by atoms with Crippen molar-refractivity contribution in [1.82, 2.24) is 0 Å². The number of benzene rings is 2. The van der Waals surface area contributed by atoms with Crippen molar-refractivity contribution in [2.45, 2.75) is 38.3 Å². The smallest absolute Gasteiger partial charge is 0.103 e. The molecule has 120 valence electrons. The largest absolute Gasteiger partial charge is 0.307 e. The molecule has 0 nitrogen and oxygen atoms in total. The molecule has 0 atom stereocenters. The molecule has 0 amide bonds. The Morgan fingerprint density at radius 1 is 0.783 bits per heavy atom. The van der Waals surface area contributed by atoms with Crippen LogP contribution in [-0.2, 0) is 0 Å². The van der Waals surface area contributed by atoms with Crippen LogP contribution in [0.15, 0.2) is 60.7 Å². The van der Waals surface area contributed by atoms with Crippen molar-refractivity contribution in [2.75, 3.05) is 0 Å². The van der Waals surface area contributed by atoms with Crippen molar-refractivity contribution in [3.63, 3.8) is 0 Å². The maximum atomic E-state index is 2.46. The van der Waals surface area contributed by atoms with Crippen LogP contribution in [0.4, 0.5) is 0 Å². The molecular weight excluding hydrogens is 291 g/mol. The second-order valence-electron chi connectivity index (χ2n) is 7.33. The van der Waals surface area contributed by atoms with Crippen LogP contribution in [0.3, 0.4) is 0 Å². The predicted octanol–water partition coefficient (Wildman–Crippen LogP) is 6.57. The third-order valence-corrected chi connectivity index (χ3v) is 8.58. The van der Waals surface area contributed by atoms with Crippen LogP contribution in [0.5, 0.6) is 0 Å². The summed E-state index contributed by atoms with van der Waals surface area (Å²) in [6.45, 7) is 9.47. The maximum absolute atomic E-state index is 2.46. The first-order valence-corrected chi connectivity index (χ1v) is 11.1. The van der Waals surface area contributed by atoms with Crippen LogP contribution in [0.1, 0.15) is 38.8 Å². The highest BCUT2D eigenvalue weighted by atomic mass is 27.2. The average Bonchev–Trinajstić information content (AvgIpc) is 2.53. The maximum Gasteiger partial charge on any atom is 0.307 e.